The fourth-order valence-electron chi connectivity index (χ4n) is 0.512. The van der Waals surface area contributed by atoms with Gasteiger partial charge in [-0.3, -0.25) is 0 Å². The average molecular weight is 134 g/mol. The van der Waals surface area contributed by atoms with Crippen LogP contribution in [0.4, 0.5) is 0 Å². The molecule has 0 aromatic rings. The van der Waals surface area contributed by atoms with Crippen LogP contribution in [0.2, 0.25) is 0 Å². The molecule has 1 N–H and O–H groups in total. The Hall–Kier alpha value is 0.310. The summed E-state index contributed by atoms with van der Waals surface area (Å²) in [5.74, 6) is 0.865. The lowest BCUT2D eigenvalue weighted by Crippen LogP contribution is -2.17. The third-order valence-electron chi connectivity index (χ3n) is 0.947. The van der Waals surface area contributed by atoms with Crippen molar-refractivity contribution in [1.82, 2.24) is 0 Å². The maximum absolute atomic E-state index is 9.11. The van der Waals surface area contributed by atoms with Crippen molar-refractivity contribution in [2.45, 2.75) is 32.3 Å². The summed E-state index contributed by atoms with van der Waals surface area (Å²) in [6, 6.07) is 0. The number of aliphatic hydroxyl groups is 1. The lowest BCUT2D eigenvalue weighted by atomic mass is 10.0. The van der Waals surface area contributed by atoms with E-state index in [0.29, 0.717) is 0 Å². The van der Waals surface area contributed by atoms with Crippen LogP contribution in [-0.2, 0) is 0 Å². The van der Waals surface area contributed by atoms with Crippen LogP contribution in [-0.4, -0.2) is 16.5 Å². The summed E-state index contributed by atoms with van der Waals surface area (Å²) in [6.45, 7) is 3.63. The monoisotopic (exact) mass is 134 g/mol. The molecule has 0 heterocycles. The highest BCUT2D eigenvalue weighted by molar-refractivity contribution is 7.80. The first-order chi connectivity index (χ1) is 3.56. The van der Waals surface area contributed by atoms with Gasteiger partial charge in [0.05, 0.1) is 5.60 Å². The maximum Gasteiger partial charge on any atom is 0.0592 e. The molecule has 50 valence electrons. The summed E-state index contributed by atoms with van der Waals surface area (Å²) in [5.41, 5.74) is -0.497. The number of rotatable bonds is 3. The van der Waals surface area contributed by atoms with E-state index in [1.807, 2.05) is 13.8 Å². The van der Waals surface area contributed by atoms with Crippen molar-refractivity contribution in [1.29, 1.82) is 0 Å². The molecular formula is C6H14OS. The molecule has 0 radical (unpaired) electrons. The van der Waals surface area contributed by atoms with Gasteiger partial charge in [0, 0.05) is 0 Å². The van der Waals surface area contributed by atoms with Crippen LogP contribution in [0, 0.1) is 0 Å². The van der Waals surface area contributed by atoms with Crippen LogP contribution in [0.1, 0.15) is 26.7 Å². The van der Waals surface area contributed by atoms with Gasteiger partial charge in [0.1, 0.15) is 0 Å². The van der Waals surface area contributed by atoms with E-state index in [1.54, 1.807) is 0 Å². The Morgan fingerprint density at radius 1 is 1.50 bits per heavy atom. The van der Waals surface area contributed by atoms with Crippen molar-refractivity contribution in [2.24, 2.45) is 0 Å². The molecule has 0 aliphatic carbocycles. The normalized spacial score (nSPS) is 12.0. The highest BCUT2D eigenvalue weighted by Crippen LogP contribution is 2.09. The van der Waals surface area contributed by atoms with Gasteiger partial charge in [-0.2, -0.15) is 12.6 Å². The quantitative estimate of drug-likeness (QED) is 0.560. The zero-order valence-corrected chi connectivity index (χ0v) is 6.41. The van der Waals surface area contributed by atoms with E-state index in [2.05, 4.69) is 12.6 Å². The van der Waals surface area contributed by atoms with Gasteiger partial charge in [-0.15, -0.1) is 0 Å². The molecule has 0 aliphatic heterocycles. The van der Waals surface area contributed by atoms with Crippen molar-refractivity contribution in [3.05, 3.63) is 0 Å². The summed E-state index contributed by atoms with van der Waals surface area (Å²) >= 11 is 4.02. The van der Waals surface area contributed by atoms with E-state index in [4.69, 9.17) is 5.11 Å². The van der Waals surface area contributed by atoms with Gasteiger partial charge in [0.15, 0.2) is 0 Å². The minimum atomic E-state index is -0.497. The van der Waals surface area contributed by atoms with Gasteiger partial charge in [0.2, 0.25) is 0 Å². The molecule has 0 saturated heterocycles. The SMILES string of the molecule is CC(C)(O)CCCS. The lowest BCUT2D eigenvalue weighted by molar-refractivity contribution is 0.0706. The molecule has 8 heavy (non-hydrogen) atoms. The van der Waals surface area contributed by atoms with E-state index in [-0.39, 0.29) is 0 Å². The predicted molar refractivity (Wildman–Crippen MR) is 39.4 cm³/mol. The first-order valence-corrected chi connectivity index (χ1v) is 3.53. The van der Waals surface area contributed by atoms with Gasteiger partial charge in [0.25, 0.3) is 0 Å². The smallest absolute Gasteiger partial charge is 0.0592 e. The van der Waals surface area contributed by atoms with Crippen LogP contribution in [0.3, 0.4) is 0 Å². The van der Waals surface area contributed by atoms with Gasteiger partial charge < -0.3 is 5.11 Å². The van der Waals surface area contributed by atoms with Crippen LogP contribution in [0.15, 0.2) is 0 Å². The molecule has 0 saturated carbocycles. The minimum Gasteiger partial charge on any atom is -0.390 e. The summed E-state index contributed by atoms with van der Waals surface area (Å²) < 4.78 is 0. The first-order valence-electron chi connectivity index (χ1n) is 2.89. The molecule has 0 fully saturated rings. The molecule has 0 bridgehead atoms. The van der Waals surface area contributed by atoms with E-state index < -0.39 is 5.60 Å². The third-order valence-corrected chi connectivity index (χ3v) is 1.26. The van der Waals surface area contributed by atoms with Crippen molar-refractivity contribution < 1.29 is 5.11 Å². The van der Waals surface area contributed by atoms with Crippen molar-refractivity contribution in [2.75, 3.05) is 5.75 Å². The van der Waals surface area contributed by atoms with E-state index >= 15 is 0 Å². The minimum absolute atomic E-state index is 0.497. The van der Waals surface area contributed by atoms with Gasteiger partial charge in [-0.05, 0) is 32.4 Å². The van der Waals surface area contributed by atoms with E-state index in [1.165, 1.54) is 0 Å². The van der Waals surface area contributed by atoms with E-state index in [9.17, 15) is 0 Å². The molecule has 0 unspecified atom stereocenters. The number of hydrogen-bond donors (Lipinski definition) is 2. The van der Waals surface area contributed by atoms with Crippen molar-refractivity contribution >= 4 is 12.6 Å². The maximum atomic E-state index is 9.11. The molecule has 0 spiro atoms. The second kappa shape index (κ2) is 3.36. The van der Waals surface area contributed by atoms with Crippen LogP contribution in [0.5, 0.6) is 0 Å². The Bertz CT molecular complexity index is 56.0. The summed E-state index contributed by atoms with van der Waals surface area (Å²) in [5, 5.41) is 9.11. The Balaban J connectivity index is 3.11. The zero-order valence-electron chi connectivity index (χ0n) is 5.52. The first kappa shape index (κ1) is 8.31. The second-order valence-electron chi connectivity index (χ2n) is 2.64. The Labute approximate surface area is 56.5 Å². The molecular weight excluding hydrogens is 120 g/mol. The summed E-state index contributed by atoms with van der Waals surface area (Å²) in [4.78, 5) is 0. The average Bonchev–Trinajstić information content (AvgIpc) is 1.59. The lowest BCUT2D eigenvalue weighted by Gasteiger charge is -2.15. The van der Waals surface area contributed by atoms with Gasteiger partial charge in [-0.1, -0.05) is 0 Å². The molecule has 0 aromatic heterocycles. The van der Waals surface area contributed by atoms with E-state index in [0.717, 1.165) is 18.6 Å². The Morgan fingerprint density at radius 3 is 2.12 bits per heavy atom. The fraction of sp³-hybridized carbons (Fsp3) is 1.00. The summed E-state index contributed by atoms with van der Waals surface area (Å²) in [7, 11) is 0. The molecule has 1 nitrogen and oxygen atoms in total. The fourth-order valence-corrected chi connectivity index (χ4v) is 0.670. The number of thiol groups is 1. The molecule has 0 rings (SSSR count). The highest BCUT2D eigenvalue weighted by Gasteiger charge is 2.09. The zero-order chi connectivity index (χ0) is 6.62. The molecule has 0 aromatic carbocycles. The van der Waals surface area contributed by atoms with Crippen molar-refractivity contribution in [3.8, 4) is 0 Å². The van der Waals surface area contributed by atoms with Crippen LogP contribution < -0.4 is 0 Å². The van der Waals surface area contributed by atoms with Crippen LogP contribution >= 0.6 is 12.6 Å². The summed E-state index contributed by atoms with van der Waals surface area (Å²) in [6.07, 6.45) is 1.84. The second-order valence-corrected chi connectivity index (χ2v) is 3.09. The number of hydrogen-bond acceptors (Lipinski definition) is 2. The Kier molecular flexibility index (Phi) is 3.49. The predicted octanol–water partition coefficient (Wildman–Crippen LogP) is 1.47. The highest BCUT2D eigenvalue weighted by atomic mass is 32.1. The molecule has 0 aliphatic rings. The topological polar surface area (TPSA) is 20.2 Å². The molecule has 0 amide bonds. The third kappa shape index (κ3) is 6.31. The largest absolute Gasteiger partial charge is 0.390 e. The Morgan fingerprint density at radius 2 is 2.00 bits per heavy atom. The van der Waals surface area contributed by atoms with Crippen molar-refractivity contribution in [3.63, 3.8) is 0 Å². The molecule has 2 heteroatoms. The van der Waals surface area contributed by atoms with Crippen LogP contribution in [0.25, 0.3) is 0 Å². The standard InChI is InChI=1S/C6H14OS/c1-6(2,7)4-3-5-8/h7-8H,3-5H2,1-2H3. The van der Waals surface area contributed by atoms with Gasteiger partial charge >= 0.3 is 0 Å². The van der Waals surface area contributed by atoms with Gasteiger partial charge in [-0.25, -0.2) is 0 Å². The molecule has 0 atom stereocenters.